The zero-order valence-corrected chi connectivity index (χ0v) is 14.8. The monoisotopic (exact) mass is 364 g/mol. The summed E-state index contributed by atoms with van der Waals surface area (Å²) in [5, 5.41) is 0. The standard InChI is InChI=1S/C21H23F3O2/c1-2-26-21(14-25-19-10-6-9-17(22)20(19)24)12-11-16(18(23)13-21)15-7-4-3-5-8-15/h3-10,16,18H,2,11-14H2,1H3. The molecule has 3 rings (SSSR count). The van der Waals surface area contributed by atoms with E-state index in [0.717, 1.165) is 11.6 Å². The fraction of sp³-hybridized carbons (Fsp3) is 0.429. The van der Waals surface area contributed by atoms with Crippen LogP contribution in [0.1, 0.15) is 37.7 Å². The molecule has 3 atom stereocenters. The van der Waals surface area contributed by atoms with Crippen LogP contribution in [-0.2, 0) is 4.74 Å². The van der Waals surface area contributed by atoms with E-state index in [1.807, 2.05) is 37.3 Å². The van der Waals surface area contributed by atoms with Gasteiger partial charge in [-0.15, -0.1) is 0 Å². The highest BCUT2D eigenvalue weighted by atomic mass is 19.2. The molecule has 1 fully saturated rings. The number of alkyl halides is 1. The van der Waals surface area contributed by atoms with Gasteiger partial charge in [-0.1, -0.05) is 36.4 Å². The Labute approximate surface area is 151 Å². The fourth-order valence-electron chi connectivity index (χ4n) is 3.69. The summed E-state index contributed by atoms with van der Waals surface area (Å²) in [6, 6.07) is 13.4. The minimum atomic E-state index is -1.08. The van der Waals surface area contributed by atoms with E-state index in [1.165, 1.54) is 12.1 Å². The molecule has 2 aromatic carbocycles. The Morgan fingerprint density at radius 3 is 2.54 bits per heavy atom. The van der Waals surface area contributed by atoms with Gasteiger partial charge in [-0.25, -0.2) is 8.78 Å². The van der Waals surface area contributed by atoms with Gasteiger partial charge in [-0.05, 0) is 37.5 Å². The van der Waals surface area contributed by atoms with Crippen molar-refractivity contribution in [3.8, 4) is 5.75 Å². The van der Waals surface area contributed by atoms with Gasteiger partial charge in [0.15, 0.2) is 11.6 Å². The van der Waals surface area contributed by atoms with E-state index >= 15 is 0 Å². The van der Waals surface area contributed by atoms with Crippen LogP contribution in [0.3, 0.4) is 0 Å². The smallest absolute Gasteiger partial charge is 0.200 e. The molecule has 0 N–H and O–H groups in total. The third-order valence-corrected chi connectivity index (χ3v) is 5.00. The third-order valence-electron chi connectivity index (χ3n) is 5.00. The molecule has 0 amide bonds. The van der Waals surface area contributed by atoms with Crippen LogP contribution in [0.5, 0.6) is 5.75 Å². The number of benzene rings is 2. The van der Waals surface area contributed by atoms with Crippen molar-refractivity contribution >= 4 is 0 Å². The molecule has 1 aliphatic rings. The zero-order chi connectivity index (χ0) is 18.6. The second kappa shape index (κ2) is 8.12. The minimum Gasteiger partial charge on any atom is -0.487 e. The Bertz CT molecular complexity index is 722. The molecule has 0 heterocycles. The highest BCUT2D eigenvalue weighted by Crippen LogP contribution is 2.42. The molecule has 1 aliphatic carbocycles. The molecule has 0 bridgehead atoms. The van der Waals surface area contributed by atoms with Gasteiger partial charge < -0.3 is 9.47 Å². The van der Waals surface area contributed by atoms with Crippen LogP contribution < -0.4 is 4.74 Å². The van der Waals surface area contributed by atoms with E-state index in [9.17, 15) is 13.2 Å². The van der Waals surface area contributed by atoms with Crippen LogP contribution in [0.15, 0.2) is 48.5 Å². The Morgan fingerprint density at radius 2 is 1.85 bits per heavy atom. The van der Waals surface area contributed by atoms with Gasteiger partial charge in [-0.2, -0.15) is 4.39 Å². The Balaban J connectivity index is 1.72. The van der Waals surface area contributed by atoms with Crippen LogP contribution in [0.2, 0.25) is 0 Å². The second-order valence-corrected chi connectivity index (χ2v) is 6.73. The summed E-state index contributed by atoms with van der Waals surface area (Å²) >= 11 is 0. The lowest BCUT2D eigenvalue weighted by Crippen LogP contribution is -2.46. The fourth-order valence-corrected chi connectivity index (χ4v) is 3.69. The van der Waals surface area contributed by atoms with Gasteiger partial charge in [0.2, 0.25) is 5.82 Å². The first kappa shape index (κ1) is 18.8. The van der Waals surface area contributed by atoms with Crippen LogP contribution in [0.4, 0.5) is 13.2 Å². The van der Waals surface area contributed by atoms with Crippen molar-refractivity contribution in [1.82, 2.24) is 0 Å². The van der Waals surface area contributed by atoms with Crippen LogP contribution in [0.25, 0.3) is 0 Å². The van der Waals surface area contributed by atoms with E-state index in [-0.39, 0.29) is 24.7 Å². The number of ether oxygens (including phenoxy) is 2. The largest absolute Gasteiger partial charge is 0.487 e. The average molecular weight is 364 g/mol. The van der Waals surface area contributed by atoms with Crippen molar-refractivity contribution in [2.24, 2.45) is 0 Å². The van der Waals surface area contributed by atoms with E-state index in [4.69, 9.17) is 9.47 Å². The predicted octanol–water partition coefficient (Wildman–Crippen LogP) is 5.42. The maximum Gasteiger partial charge on any atom is 0.200 e. The predicted molar refractivity (Wildman–Crippen MR) is 94.1 cm³/mol. The van der Waals surface area contributed by atoms with Gasteiger partial charge in [0.25, 0.3) is 0 Å². The molecular weight excluding hydrogens is 341 g/mol. The summed E-state index contributed by atoms with van der Waals surface area (Å²) in [7, 11) is 0. The lowest BCUT2D eigenvalue weighted by Gasteiger charge is -2.41. The SMILES string of the molecule is CCOC1(COc2cccc(F)c2F)CCC(c2ccccc2)C(F)C1. The van der Waals surface area contributed by atoms with E-state index in [2.05, 4.69) is 0 Å². The summed E-state index contributed by atoms with van der Waals surface area (Å²) in [6.45, 7) is 2.22. The van der Waals surface area contributed by atoms with Crippen LogP contribution in [0, 0.1) is 11.6 Å². The molecule has 3 unspecified atom stereocenters. The second-order valence-electron chi connectivity index (χ2n) is 6.73. The Kier molecular flexibility index (Phi) is 5.87. The zero-order valence-electron chi connectivity index (χ0n) is 14.8. The lowest BCUT2D eigenvalue weighted by atomic mass is 9.75. The minimum absolute atomic E-state index is 0.0108. The maximum absolute atomic E-state index is 15.0. The van der Waals surface area contributed by atoms with E-state index < -0.39 is 23.4 Å². The van der Waals surface area contributed by atoms with Gasteiger partial charge in [0.1, 0.15) is 18.4 Å². The topological polar surface area (TPSA) is 18.5 Å². The molecule has 140 valence electrons. The summed E-state index contributed by atoms with van der Waals surface area (Å²) in [6.07, 6.45) is 0.286. The maximum atomic E-state index is 15.0. The molecule has 0 saturated heterocycles. The average Bonchev–Trinajstić information content (AvgIpc) is 2.64. The summed E-state index contributed by atoms with van der Waals surface area (Å²) in [4.78, 5) is 0. The lowest BCUT2D eigenvalue weighted by molar-refractivity contribution is -0.109. The van der Waals surface area contributed by atoms with Gasteiger partial charge >= 0.3 is 0 Å². The van der Waals surface area contributed by atoms with E-state index in [0.29, 0.717) is 19.4 Å². The molecular formula is C21H23F3O2. The summed E-state index contributed by atoms with van der Waals surface area (Å²) < 4.78 is 53.4. The number of rotatable bonds is 6. The third kappa shape index (κ3) is 4.04. The first-order chi connectivity index (χ1) is 12.5. The molecule has 0 aliphatic heterocycles. The molecule has 2 aromatic rings. The van der Waals surface area contributed by atoms with E-state index in [1.54, 1.807) is 0 Å². The summed E-state index contributed by atoms with van der Waals surface area (Å²) in [5.74, 6) is -2.36. The van der Waals surface area contributed by atoms with Gasteiger partial charge in [0, 0.05) is 18.9 Å². The van der Waals surface area contributed by atoms with Crippen LogP contribution >= 0.6 is 0 Å². The first-order valence-corrected chi connectivity index (χ1v) is 8.94. The van der Waals surface area contributed by atoms with Crippen molar-refractivity contribution in [2.45, 2.75) is 43.9 Å². The van der Waals surface area contributed by atoms with Crippen LogP contribution in [-0.4, -0.2) is 25.0 Å². The van der Waals surface area contributed by atoms with Crippen molar-refractivity contribution < 1.29 is 22.6 Å². The normalized spacial score (nSPS) is 25.8. The summed E-state index contributed by atoms with van der Waals surface area (Å²) in [5.41, 5.74) is 0.139. The first-order valence-electron chi connectivity index (χ1n) is 8.94. The number of halogens is 3. The molecule has 0 spiro atoms. The molecule has 0 radical (unpaired) electrons. The Hall–Kier alpha value is -2.01. The van der Waals surface area contributed by atoms with Gasteiger partial charge in [0.05, 0.1) is 0 Å². The molecule has 5 heteroatoms. The molecule has 1 saturated carbocycles. The van der Waals surface area contributed by atoms with Gasteiger partial charge in [-0.3, -0.25) is 0 Å². The highest BCUT2D eigenvalue weighted by molar-refractivity contribution is 5.26. The molecule has 26 heavy (non-hydrogen) atoms. The van der Waals surface area contributed by atoms with Crippen molar-refractivity contribution in [2.75, 3.05) is 13.2 Å². The number of hydrogen-bond donors (Lipinski definition) is 0. The van der Waals surface area contributed by atoms with Crippen molar-refractivity contribution in [1.29, 1.82) is 0 Å². The van der Waals surface area contributed by atoms with Crippen molar-refractivity contribution in [3.63, 3.8) is 0 Å². The molecule has 2 nitrogen and oxygen atoms in total. The van der Waals surface area contributed by atoms with Crippen molar-refractivity contribution in [3.05, 3.63) is 65.7 Å². The Morgan fingerprint density at radius 1 is 1.08 bits per heavy atom. The quantitative estimate of drug-likeness (QED) is 0.681. The highest BCUT2D eigenvalue weighted by Gasteiger charge is 2.43. The number of hydrogen-bond acceptors (Lipinski definition) is 2. The molecule has 0 aromatic heterocycles.